The molecule has 0 aromatic heterocycles. The number of hydrogen-bond donors (Lipinski definition) is 0. The lowest BCUT2D eigenvalue weighted by atomic mass is 10.1. The highest BCUT2D eigenvalue weighted by atomic mass is 35.7. The first kappa shape index (κ1) is 12.0. The Morgan fingerprint density at radius 1 is 1.42 bits per heavy atom. The molecule has 0 bridgehead atoms. The van der Waals surface area contributed by atoms with Gasteiger partial charge in [-0.05, 0) is 5.92 Å². The Bertz CT molecular complexity index is 234. The summed E-state index contributed by atoms with van der Waals surface area (Å²) in [5, 5.41) is 0. The summed E-state index contributed by atoms with van der Waals surface area (Å²) in [6.45, 7) is 1.19. The van der Waals surface area contributed by atoms with E-state index < -0.39 is 33.3 Å². The predicted octanol–water partition coefficient (Wildman–Crippen LogP) is 2.14. The van der Waals surface area contributed by atoms with E-state index in [4.69, 9.17) is 10.7 Å². The van der Waals surface area contributed by atoms with Gasteiger partial charge in [-0.15, -0.1) is 0 Å². The highest BCUT2D eigenvalue weighted by molar-refractivity contribution is 8.13. The average molecular weight is 225 g/mol. The van der Waals surface area contributed by atoms with E-state index >= 15 is 0 Å². The van der Waals surface area contributed by atoms with Gasteiger partial charge in [0.1, 0.15) is 0 Å². The van der Waals surface area contributed by atoms with E-state index in [1.54, 1.807) is 0 Å². The summed E-state index contributed by atoms with van der Waals surface area (Å²) in [5.74, 6) is -1.64. The van der Waals surface area contributed by atoms with Crippen molar-refractivity contribution < 1.29 is 21.6 Å². The van der Waals surface area contributed by atoms with E-state index in [1.807, 2.05) is 0 Å². The van der Waals surface area contributed by atoms with E-state index in [0.717, 1.165) is 0 Å². The van der Waals surface area contributed by atoms with Crippen molar-refractivity contribution in [1.29, 1.82) is 0 Å². The van der Waals surface area contributed by atoms with E-state index in [0.29, 0.717) is 0 Å². The number of rotatable bonds is 3. The van der Waals surface area contributed by atoms with E-state index in [9.17, 15) is 21.6 Å². The molecule has 0 radical (unpaired) electrons. The topological polar surface area (TPSA) is 34.1 Å². The van der Waals surface area contributed by atoms with Crippen LogP contribution in [0.15, 0.2) is 0 Å². The van der Waals surface area contributed by atoms with Gasteiger partial charge in [-0.3, -0.25) is 0 Å². The van der Waals surface area contributed by atoms with Crippen LogP contribution >= 0.6 is 10.7 Å². The standard InChI is InChI=1S/C5H8ClF3O2S/c1-4(2-5(7,8)9)3-12(6,10)11/h4H,2-3H2,1H3. The lowest BCUT2D eigenvalue weighted by molar-refractivity contribution is -0.141. The van der Waals surface area contributed by atoms with Crippen molar-refractivity contribution in [3.05, 3.63) is 0 Å². The van der Waals surface area contributed by atoms with Crippen molar-refractivity contribution in [2.24, 2.45) is 5.92 Å². The summed E-state index contributed by atoms with van der Waals surface area (Å²) < 4.78 is 55.6. The summed E-state index contributed by atoms with van der Waals surface area (Å²) >= 11 is 0. The first-order valence-electron chi connectivity index (χ1n) is 3.09. The van der Waals surface area contributed by atoms with Gasteiger partial charge in [0.15, 0.2) is 0 Å². The van der Waals surface area contributed by atoms with Crippen LogP contribution in [0, 0.1) is 5.92 Å². The van der Waals surface area contributed by atoms with Crippen LogP contribution in [0.25, 0.3) is 0 Å². The zero-order valence-corrected chi connectivity index (χ0v) is 7.80. The second-order valence-corrected chi connectivity index (χ2v) is 5.45. The fourth-order valence-corrected chi connectivity index (χ4v) is 2.24. The molecular weight excluding hydrogens is 217 g/mol. The molecule has 0 spiro atoms. The number of halogens is 4. The van der Waals surface area contributed by atoms with E-state index in [-0.39, 0.29) is 0 Å². The molecule has 0 aliphatic rings. The van der Waals surface area contributed by atoms with Crippen LogP contribution in [0.4, 0.5) is 13.2 Å². The molecule has 7 heteroatoms. The maximum atomic E-state index is 11.6. The Hall–Kier alpha value is 0.0300. The van der Waals surface area contributed by atoms with Crippen LogP contribution in [-0.2, 0) is 9.05 Å². The predicted molar refractivity (Wildman–Crippen MR) is 39.5 cm³/mol. The normalized spacial score (nSPS) is 16.1. The Morgan fingerprint density at radius 3 is 2.08 bits per heavy atom. The van der Waals surface area contributed by atoms with Crippen LogP contribution in [-0.4, -0.2) is 20.3 Å². The zero-order chi connectivity index (χ0) is 9.99. The minimum absolute atomic E-state index is 0.645. The molecule has 1 unspecified atom stereocenters. The third kappa shape index (κ3) is 8.13. The van der Waals surface area contributed by atoms with Gasteiger partial charge in [-0.1, -0.05) is 6.92 Å². The van der Waals surface area contributed by atoms with Crippen LogP contribution in [0.1, 0.15) is 13.3 Å². The van der Waals surface area contributed by atoms with Crippen LogP contribution in [0.2, 0.25) is 0 Å². The molecule has 2 nitrogen and oxygen atoms in total. The fraction of sp³-hybridized carbons (Fsp3) is 1.00. The van der Waals surface area contributed by atoms with Crippen molar-refractivity contribution in [2.75, 3.05) is 5.75 Å². The quantitative estimate of drug-likeness (QED) is 0.689. The van der Waals surface area contributed by atoms with Crippen LogP contribution in [0.3, 0.4) is 0 Å². The van der Waals surface area contributed by atoms with Crippen molar-refractivity contribution in [3.8, 4) is 0 Å². The summed E-state index contributed by atoms with van der Waals surface area (Å²) in [5.41, 5.74) is 0. The molecule has 1 atom stereocenters. The number of alkyl halides is 3. The molecule has 0 aromatic carbocycles. The Kier molecular flexibility index (Phi) is 3.84. The molecule has 0 saturated heterocycles. The summed E-state index contributed by atoms with van der Waals surface area (Å²) in [4.78, 5) is 0. The summed E-state index contributed by atoms with van der Waals surface area (Å²) in [6, 6.07) is 0. The van der Waals surface area contributed by atoms with Gasteiger partial charge >= 0.3 is 6.18 Å². The van der Waals surface area contributed by atoms with Gasteiger partial charge in [-0.2, -0.15) is 13.2 Å². The zero-order valence-electron chi connectivity index (χ0n) is 6.23. The Labute approximate surface area is 73.1 Å². The minimum atomic E-state index is -4.33. The largest absolute Gasteiger partial charge is 0.389 e. The minimum Gasteiger partial charge on any atom is -0.212 e. The summed E-state index contributed by atoms with van der Waals surface area (Å²) in [7, 11) is 0.938. The van der Waals surface area contributed by atoms with Crippen molar-refractivity contribution in [1.82, 2.24) is 0 Å². The van der Waals surface area contributed by atoms with Crippen molar-refractivity contribution in [3.63, 3.8) is 0 Å². The van der Waals surface area contributed by atoms with Crippen LogP contribution < -0.4 is 0 Å². The molecular formula is C5H8ClF3O2S. The Balaban J connectivity index is 4.00. The smallest absolute Gasteiger partial charge is 0.212 e. The van der Waals surface area contributed by atoms with Gasteiger partial charge in [-0.25, -0.2) is 8.42 Å². The molecule has 0 amide bonds. The van der Waals surface area contributed by atoms with Crippen molar-refractivity contribution in [2.45, 2.75) is 19.5 Å². The third-order valence-corrected chi connectivity index (χ3v) is 2.41. The molecule has 0 aliphatic heterocycles. The SMILES string of the molecule is CC(CC(F)(F)F)CS(=O)(=O)Cl. The van der Waals surface area contributed by atoms with Gasteiger partial charge in [0, 0.05) is 17.1 Å². The molecule has 0 rings (SSSR count). The van der Waals surface area contributed by atoms with Crippen molar-refractivity contribution >= 4 is 19.7 Å². The molecule has 12 heavy (non-hydrogen) atoms. The number of hydrogen-bond acceptors (Lipinski definition) is 2. The molecule has 0 aliphatic carbocycles. The second kappa shape index (κ2) is 3.83. The lowest BCUT2D eigenvalue weighted by Gasteiger charge is -2.11. The highest BCUT2D eigenvalue weighted by Gasteiger charge is 2.31. The maximum absolute atomic E-state index is 11.6. The molecule has 0 aromatic rings. The molecule has 0 heterocycles. The summed E-state index contributed by atoms with van der Waals surface area (Å²) in [6.07, 6.45) is -5.46. The van der Waals surface area contributed by atoms with Gasteiger partial charge in [0.05, 0.1) is 5.75 Å². The maximum Gasteiger partial charge on any atom is 0.389 e. The molecule has 0 fully saturated rings. The van der Waals surface area contributed by atoms with Crippen LogP contribution in [0.5, 0.6) is 0 Å². The van der Waals surface area contributed by atoms with E-state index in [2.05, 4.69) is 0 Å². The second-order valence-electron chi connectivity index (χ2n) is 2.63. The van der Waals surface area contributed by atoms with E-state index in [1.165, 1.54) is 6.92 Å². The first-order chi connectivity index (χ1) is 5.10. The Morgan fingerprint density at radius 2 is 1.83 bits per heavy atom. The monoisotopic (exact) mass is 224 g/mol. The fourth-order valence-electron chi connectivity index (χ4n) is 0.794. The molecule has 0 N–H and O–H groups in total. The van der Waals surface area contributed by atoms with Gasteiger partial charge in [0.25, 0.3) is 0 Å². The van der Waals surface area contributed by atoms with Gasteiger partial charge in [0.2, 0.25) is 9.05 Å². The third-order valence-electron chi connectivity index (χ3n) is 1.06. The molecule has 74 valence electrons. The average Bonchev–Trinajstić information content (AvgIpc) is 1.49. The highest BCUT2D eigenvalue weighted by Crippen LogP contribution is 2.25. The first-order valence-corrected chi connectivity index (χ1v) is 5.57. The molecule has 0 saturated carbocycles. The van der Waals surface area contributed by atoms with Gasteiger partial charge < -0.3 is 0 Å². The lowest BCUT2D eigenvalue weighted by Crippen LogP contribution is -2.18.